The van der Waals surface area contributed by atoms with Crippen molar-refractivity contribution in [2.75, 3.05) is 18.4 Å². The minimum atomic E-state index is -3.72. The molecule has 0 spiro atoms. The van der Waals surface area contributed by atoms with E-state index in [1.54, 1.807) is 24.3 Å². The standard InChI is InChI=1S/C22H23N3O3S/c26-21(22(12-13-22)17-8-2-1-3-9-17)25-14-6-7-16(15-25)20-23-18-10-4-5-11-19(18)29(27,28)24-20/h1-5,8-11,16H,6-7,12-15H2,(H,23,24). The third-order valence-electron chi connectivity index (χ3n) is 6.23. The van der Waals surface area contributed by atoms with Gasteiger partial charge in [-0.05, 0) is 43.4 Å². The van der Waals surface area contributed by atoms with Crippen LogP contribution in [0.25, 0.3) is 0 Å². The smallest absolute Gasteiger partial charge is 0.286 e. The monoisotopic (exact) mass is 409 g/mol. The number of benzene rings is 2. The van der Waals surface area contributed by atoms with Gasteiger partial charge in [0.2, 0.25) is 5.91 Å². The predicted octanol–water partition coefficient (Wildman–Crippen LogP) is 3.17. The second kappa shape index (κ2) is 6.69. The highest BCUT2D eigenvalue weighted by atomic mass is 32.2. The van der Waals surface area contributed by atoms with Crippen LogP contribution >= 0.6 is 0 Å². The van der Waals surface area contributed by atoms with Crippen molar-refractivity contribution in [2.45, 2.75) is 36.0 Å². The summed E-state index contributed by atoms with van der Waals surface area (Å²) in [5.41, 5.74) is 1.24. The molecule has 1 atom stereocenters. The number of carbonyl (C=O) groups is 1. The van der Waals surface area contributed by atoms with Gasteiger partial charge in [0.1, 0.15) is 10.7 Å². The second-order valence-corrected chi connectivity index (χ2v) is 9.68. The molecule has 1 saturated carbocycles. The molecular weight excluding hydrogens is 386 g/mol. The summed E-state index contributed by atoms with van der Waals surface area (Å²) in [6, 6.07) is 16.8. The number of likely N-dealkylation sites (tertiary alicyclic amines) is 1. The SMILES string of the molecule is O=C(N1CCCC(C2=NS(=O)(=O)c3ccccc3N2)C1)C1(c2ccccc2)CC1. The van der Waals surface area contributed by atoms with Crippen LogP contribution in [0.3, 0.4) is 0 Å². The maximum atomic E-state index is 13.4. The minimum absolute atomic E-state index is 0.109. The Balaban J connectivity index is 1.38. The van der Waals surface area contributed by atoms with Gasteiger partial charge < -0.3 is 10.2 Å². The van der Waals surface area contributed by atoms with Crippen LogP contribution in [-0.2, 0) is 20.2 Å². The summed E-state index contributed by atoms with van der Waals surface area (Å²) in [7, 11) is -3.72. The summed E-state index contributed by atoms with van der Waals surface area (Å²) in [5, 5.41) is 3.20. The number of piperidine rings is 1. The van der Waals surface area contributed by atoms with Crippen LogP contribution in [0.4, 0.5) is 5.69 Å². The van der Waals surface area contributed by atoms with Crippen molar-refractivity contribution in [3.8, 4) is 0 Å². The Morgan fingerprint density at radius 2 is 1.79 bits per heavy atom. The van der Waals surface area contributed by atoms with E-state index in [9.17, 15) is 13.2 Å². The number of anilines is 1. The molecule has 5 rings (SSSR count). The van der Waals surface area contributed by atoms with Crippen molar-refractivity contribution in [2.24, 2.45) is 10.3 Å². The van der Waals surface area contributed by atoms with E-state index in [0.717, 1.165) is 31.2 Å². The molecule has 1 unspecified atom stereocenters. The van der Waals surface area contributed by atoms with Crippen LogP contribution in [0.1, 0.15) is 31.2 Å². The van der Waals surface area contributed by atoms with Crippen LogP contribution in [0.2, 0.25) is 0 Å². The summed E-state index contributed by atoms with van der Waals surface area (Å²) in [5.74, 6) is 0.501. The Morgan fingerprint density at radius 3 is 2.55 bits per heavy atom. The Labute approximate surface area is 170 Å². The average Bonchev–Trinajstić information content (AvgIpc) is 3.56. The zero-order valence-corrected chi connectivity index (χ0v) is 16.9. The largest absolute Gasteiger partial charge is 0.342 e. The normalized spacial score (nSPS) is 24.1. The average molecular weight is 410 g/mol. The molecule has 0 radical (unpaired) electrons. The van der Waals surface area contributed by atoms with Crippen molar-refractivity contribution in [1.82, 2.24) is 4.90 Å². The van der Waals surface area contributed by atoms with Crippen LogP contribution in [0.15, 0.2) is 63.9 Å². The number of hydrogen-bond donors (Lipinski definition) is 1. The van der Waals surface area contributed by atoms with Crippen LogP contribution in [0, 0.1) is 5.92 Å². The first kappa shape index (κ1) is 18.4. The highest BCUT2D eigenvalue weighted by Gasteiger charge is 2.53. The van der Waals surface area contributed by atoms with E-state index in [1.165, 1.54) is 0 Å². The van der Waals surface area contributed by atoms with Gasteiger partial charge in [-0.2, -0.15) is 8.42 Å². The van der Waals surface area contributed by atoms with Gasteiger partial charge in [0.25, 0.3) is 10.0 Å². The first-order valence-electron chi connectivity index (χ1n) is 10.1. The van der Waals surface area contributed by atoms with E-state index in [2.05, 4.69) is 9.71 Å². The van der Waals surface area contributed by atoms with E-state index in [-0.39, 0.29) is 16.7 Å². The Bertz CT molecular complexity index is 1090. The number of fused-ring (bicyclic) bond motifs is 1. The maximum Gasteiger partial charge on any atom is 0.286 e. The molecule has 29 heavy (non-hydrogen) atoms. The zero-order chi connectivity index (χ0) is 20.1. The molecule has 0 bridgehead atoms. The third-order valence-corrected chi connectivity index (χ3v) is 7.58. The molecule has 1 aliphatic carbocycles. The lowest BCUT2D eigenvalue weighted by molar-refractivity contribution is -0.135. The number of nitrogens with one attached hydrogen (secondary N) is 1. The molecule has 2 aromatic rings. The van der Waals surface area contributed by atoms with Gasteiger partial charge in [0.15, 0.2) is 0 Å². The summed E-state index contributed by atoms with van der Waals surface area (Å²) >= 11 is 0. The topological polar surface area (TPSA) is 78.8 Å². The molecule has 2 aromatic carbocycles. The van der Waals surface area contributed by atoms with Gasteiger partial charge in [-0.25, -0.2) is 0 Å². The molecule has 150 valence electrons. The highest BCUT2D eigenvalue weighted by Crippen LogP contribution is 2.50. The van der Waals surface area contributed by atoms with Crippen molar-refractivity contribution in [1.29, 1.82) is 0 Å². The molecule has 3 aliphatic rings. The molecule has 1 amide bonds. The van der Waals surface area contributed by atoms with Crippen molar-refractivity contribution < 1.29 is 13.2 Å². The van der Waals surface area contributed by atoms with Gasteiger partial charge in [0.05, 0.1) is 11.1 Å². The van der Waals surface area contributed by atoms with Crippen LogP contribution < -0.4 is 5.32 Å². The summed E-state index contributed by atoms with van der Waals surface area (Å²) in [4.78, 5) is 15.5. The predicted molar refractivity (Wildman–Crippen MR) is 111 cm³/mol. The number of nitrogens with zero attached hydrogens (tertiary/aromatic N) is 2. The lowest BCUT2D eigenvalue weighted by Crippen LogP contribution is -2.48. The molecule has 1 N–H and O–H groups in total. The Morgan fingerprint density at radius 1 is 1.07 bits per heavy atom. The number of amidine groups is 1. The lowest BCUT2D eigenvalue weighted by atomic mass is 9.91. The molecule has 7 heteroatoms. The van der Waals surface area contributed by atoms with Crippen molar-refractivity contribution in [3.05, 3.63) is 60.2 Å². The summed E-state index contributed by atoms with van der Waals surface area (Å²) in [6.45, 7) is 1.21. The van der Waals surface area contributed by atoms with Gasteiger partial charge in [0, 0.05) is 19.0 Å². The fourth-order valence-electron chi connectivity index (χ4n) is 4.51. The van der Waals surface area contributed by atoms with Crippen molar-refractivity contribution >= 4 is 27.5 Å². The van der Waals surface area contributed by atoms with E-state index in [0.29, 0.717) is 24.6 Å². The number of rotatable bonds is 3. The number of sulfonamides is 1. The molecule has 0 aromatic heterocycles. The van der Waals surface area contributed by atoms with E-state index < -0.39 is 15.4 Å². The van der Waals surface area contributed by atoms with E-state index in [4.69, 9.17) is 0 Å². The molecule has 2 heterocycles. The molecule has 2 fully saturated rings. The summed E-state index contributed by atoms with van der Waals surface area (Å²) in [6.07, 6.45) is 3.39. The first-order chi connectivity index (χ1) is 14.0. The summed E-state index contributed by atoms with van der Waals surface area (Å²) < 4.78 is 29.2. The molecule has 2 aliphatic heterocycles. The minimum Gasteiger partial charge on any atom is -0.342 e. The maximum absolute atomic E-state index is 13.4. The fourth-order valence-corrected chi connectivity index (χ4v) is 5.71. The van der Waals surface area contributed by atoms with Crippen LogP contribution in [0.5, 0.6) is 0 Å². The second-order valence-electron chi connectivity index (χ2n) is 8.11. The number of para-hydroxylation sites is 1. The third kappa shape index (κ3) is 3.13. The van der Waals surface area contributed by atoms with E-state index in [1.807, 2.05) is 35.2 Å². The van der Waals surface area contributed by atoms with Gasteiger partial charge in [-0.3, -0.25) is 4.79 Å². The lowest BCUT2D eigenvalue weighted by Gasteiger charge is -2.36. The first-order valence-corrected chi connectivity index (χ1v) is 11.5. The Kier molecular flexibility index (Phi) is 4.24. The van der Waals surface area contributed by atoms with Crippen molar-refractivity contribution in [3.63, 3.8) is 0 Å². The quantitative estimate of drug-likeness (QED) is 0.845. The van der Waals surface area contributed by atoms with Gasteiger partial charge in [-0.1, -0.05) is 42.5 Å². The molecule has 1 saturated heterocycles. The van der Waals surface area contributed by atoms with Crippen LogP contribution in [-0.4, -0.2) is 38.2 Å². The number of carbonyl (C=O) groups excluding carboxylic acids is 1. The zero-order valence-electron chi connectivity index (χ0n) is 16.0. The van der Waals surface area contributed by atoms with Gasteiger partial charge >= 0.3 is 0 Å². The highest BCUT2D eigenvalue weighted by molar-refractivity contribution is 7.90. The number of hydrogen-bond acceptors (Lipinski definition) is 4. The molecule has 6 nitrogen and oxygen atoms in total. The van der Waals surface area contributed by atoms with E-state index >= 15 is 0 Å². The Hall–Kier alpha value is -2.67. The fraction of sp³-hybridized carbons (Fsp3) is 0.364. The number of amides is 1. The molecular formula is C22H23N3O3S. The van der Waals surface area contributed by atoms with Gasteiger partial charge in [-0.15, -0.1) is 4.40 Å².